The zero-order valence-corrected chi connectivity index (χ0v) is 24.7. The largest absolute Gasteiger partial charge is 0.497 e. The van der Waals surface area contributed by atoms with Crippen LogP contribution in [0, 0.1) is 5.41 Å². The van der Waals surface area contributed by atoms with Gasteiger partial charge in [-0.05, 0) is 41.7 Å². The van der Waals surface area contributed by atoms with Crippen LogP contribution in [0.1, 0.15) is 39.2 Å². The maximum Gasteiger partial charge on any atom is 0.407 e. The van der Waals surface area contributed by atoms with Crippen molar-refractivity contribution in [2.24, 2.45) is 5.41 Å². The number of nitrogens with zero attached hydrogens (tertiary/aromatic N) is 4. The van der Waals surface area contributed by atoms with Gasteiger partial charge >= 0.3 is 6.09 Å². The number of likely N-dealkylation sites (tertiary alicyclic amines) is 1. The van der Waals surface area contributed by atoms with Crippen molar-refractivity contribution in [2.45, 2.75) is 52.2 Å². The molecule has 0 bridgehead atoms. The van der Waals surface area contributed by atoms with Crippen LogP contribution in [0.4, 0.5) is 10.5 Å². The van der Waals surface area contributed by atoms with Crippen molar-refractivity contribution < 1.29 is 33.7 Å². The van der Waals surface area contributed by atoms with E-state index in [1.165, 1.54) is 4.90 Å². The van der Waals surface area contributed by atoms with Gasteiger partial charge in [0.15, 0.2) is 11.5 Å². The first-order valence-corrected chi connectivity index (χ1v) is 14.4. The number of amides is 3. The highest BCUT2D eigenvalue weighted by Crippen LogP contribution is 2.36. The fraction of sp³-hybridized carbons (Fsp3) is 0.516. The summed E-state index contributed by atoms with van der Waals surface area (Å²) in [6.07, 6.45) is -0.174. The zero-order chi connectivity index (χ0) is 30.0. The van der Waals surface area contributed by atoms with E-state index in [2.05, 4.69) is 4.90 Å². The SMILES string of the molecule is COc1cccc(N(C(=O)CC(C)(C)C)[C@H]2C[C@@H](C(=O)N3CCN(C(=O)O)CC3)N(Cc3ccc4c(c3)OCO4)C2)c1. The Kier molecular flexibility index (Phi) is 8.49. The predicted molar refractivity (Wildman–Crippen MR) is 156 cm³/mol. The van der Waals surface area contributed by atoms with Gasteiger partial charge in [-0.3, -0.25) is 14.5 Å². The zero-order valence-electron chi connectivity index (χ0n) is 24.7. The second kappa shape index (κ2) is 12.1. The van der Waals surface area contributed by atoms with Crippen molar-refractivity contribution in [1.82, 2.24) is 14.7 Å². The Hall–Kier alpha value is -3.99. The Balaban J connectivity index is 1.44. The molecule has 0 unspecified atom stereocenters. The third-order valence-corrected chi connectivity index (χ3v) is 8.00. The molecule has 2 saturated heterocycles. The van der Waals surface area contributed by atoms with Crippen LogP contribution in [-0.4, -0.2) is 96.4 Å². The summed E-state index contributed by atoms with van der Waals surface area (Å²) < 4.78 is 16.5. The predicted octanol–water partition coefficient (Wildman–Crippen LogP) is 3.66. The van der Waals surface area contributed by atoms with E-state index in [-0.39, 0.29) is 43.2 Å². The normalized spacial score (nSPS) is 20.5. The van der Waals surface area contributed by atoms with Gasteiger partial charge in [0.25, 0.3) is 0 Å². The number of benzene rings is 2. The number of anilines is 1. The summed E-state index contributed by atoms with van der Waals surface area (Å²) >= 11 is 0. The Bertz CT molecular complexity index is 1320. The standard InChI is InChI=1S/C31H40N4O7/c1-31(2,3)17-28(36)35(22-6-5-7-24(15-22)40-4)23-16-25(29(37)32-10-12-33(13-11-32)30(38)39)34(19-23)18-21-8-9-26-27(14-21)42-20-41-26/h5-9,14-15,23,25H,10-13,16-20H2,1-4H3,(H,38,39)/t23-,25-/m0/s1. The molecule has 0 aromatic heterocycles. The van der Waals surface area contributed by atoms with E-state index in [9.17, 15) is 19.5 Å². The molecular formula is C31H40N4O7. The fourth-order valence-corrected chi connectivity index (χ4v) is 5.96. The summed E-state index contributed by atoms with van der Waals surface area (Å²) in [7, 11) is 1.60. The Labute approximate surface area is 246 Å². The lowest BCUT2D eigenvalue weighted by Crippen LogP contribution is -2.54. The lowest BCUT2D eigenvalue weighted by molar-refractivity contribution is -0.137. The minimum absolute atomic E-state index is 0.00745. The average Bonchev–Trinajstić information content (AvgIpc) is 3.59. The molecule has 11 heteroatoms. The number of fused-ring (bicyclic) bond motifs is 1. The van der Waals surface area contributed by atoms with Crippen LogP contribution in [0.25, 0.3) is 0 Å². The first kappa shape index (κ1) is 29.5. The Morgan fingerprint density at radius 2 is 1.71 bits per heavy atom. The van der Waals surface area contributed by atoms with Crippen molar-refractivity contribution in [3.63, 3.8) is 0 Å². The van der Waals surface area contributed by atoms with Crippen LogP contribution in [0.2, 0.25) is 0 Å². The van der Waals surface area contributed by atoms with E-state index in [0.717, 1.165) is 11.3 Å². The number of carbonyl (C=O) groups is 3. The second-order valence-electron chi connectivity index (χ2n) is 12.3. The lowest BCUT2D eigenvalue weighted by atomic mass is 9.91. The minimum Gasteiger partial charge on any atom is -0.497 e. The number of carbonyl (C=O) groups excluding carboxylic acids is 2. The first-order valence-electron chi connectivity index (χ1n) is 14.4. The number of rotatable bonds is 7. The second-order valence-corrected chi connectivity index (χ2v) is 12.3. The van der Waals surface area contributed by atoms with E-state index >= 15 is 0 Å². The maximum absolute atomic E-state index is 14.0. The third kappa shape index (κ3) is 6.56. The third-order valence-electron chi connectivity index (χ3n) is 8.00. The topological polar surface area (TPSA) is 112 Å². The van der Waals surface area contributed by atoms with Gasteiger partial charge in [-0.1, -0.05) is 32.9 Å². The van der Waals surface area contributed by atoms with Crippen LogP contribution >= 0.6 is 0 Å². The number of carboxylic acid groups (broad SMARTS) is 1. The molecule has 11 nitrogen and oxygen atoms in total. The van der Waals surface area contributed by atoms with Crippen LogP contribution in [-0.2, 0) is 16.1 Å². The molecule has 2 atom stereocenters. The molecule has 3 amide bonds. The average molecular weight is 581 g/mol. The molecular weight excluding hydrogens is 540 g/mol. The molecule has 226 valence electrons. The highest BCUT2D eigenvalue weighted by atomic mass is 16.7. The molecule has 2 aromatic carbocycles. The molecule has 0 spiro atoms. The van der Waals surface area contributed by atoms with Crippen LogP contribution in [0.3, 0.4) is 0 Å². The maximum atomic E-state index is 14.0. The lowest BCUT2D eigenvalue weighted by Gasteiger charge is -2.36. The molecule has 2 fully saturated rings. The van der Waals surface area contributed by atoms with E-state index in [0.29, 0.717) is 56.3 Å². The van der Waals surface area contributed by atoms with E-state index in [1.807, 2.05) is 68.1 Å². The van der Waals surface area contributed by atoms with Crippen LogP contribution in [0.15, 0.2) is 42.5 Å². The molecule has 3 aliphatic heterocycles. The molecule has 3 aliphatic rings. The molecule has 5 rings (SSSR count). The van der Waals surface area contributed by atoms with Crippen LogP contribution < -0.4 is 19.1 Å². The molecule has 1 N–H and O–H groups in total. The quantitative estimate of drug-likeness (QED) is 0.528. The fourth-order valence-electron chi connectivity index (χ4n) is 5.96. The molecule has 0 radical (unpaired) electrons. The number of ether oxygens (including phenoxy) is 3. The number of piperazine rings is 1. The Morgan fingerprint density at radius 1 is 1.00 bits per heavy atom. The van der Waals surface area contributed by atoms with Crippen molar-refractivity contribution in [1.29, 1.82) is 0 Å². The van der Waals surface area contributed by atoms with E-state index in [1.54, 1.807) is 12.0 Å². The number of hydrogen-bond donors (Lipinski definition) is 1. The van der Waals surface area contributed by atoms with Gasteiger partial charge in [-0.25, -0.2) is 4.79 Å². The highest BCUT2D eigenvalue weighted by molar-refractivity contribution is 5.95. The molecule has 3 heterocycles. The summed E-state index contributed by atoms with van der Waals surface area (Å²) in [6, 6.07) is 12.5. The van der Waals surface area contributed by atoms with Crippen molar-refractivity contribution in [3.8, 4) is 17.2 Å². The van der Waals surface area contributed by atoms with Crippen molar-refractivity contribution >= 4 is 23.6 Å². The summed E-state index contributed by atoms with van der Waals surface area (Å²) in [4.78, 5) is 46.4. The molecule has 0 saturated carbocycles. The first-order chi connectivity index (χ1) is 20.0. The van der Waals surface area contributed by atoms with E-state index in [4.69, 9.17) is 14.2 Å². The van der Waals surface area contributed by atoms with Gasteiger partial charge in [0.05, 0.1) is 19.2 Å². The Morgan fingerprint density at radius 3 is 2.40 bits per heavy atom. The van der Waals surface area contributed by atoms with Gasteiger partial charge in [0, 0.05) is 57.4 Å². The highest BCUT2D eigenvalue weighted by Gasteiger charge is 2.43. The molecule has 42 heavy (non-hydrogen) atoms. The van der Waals surface area contributed by atoms with E-state index < -0.39 is 12.1 Å². The number of hydrogen-bond acceptors (Lipinski definition) is 7. The minimum atomic E-state index is -0.973. The van der Waals surface area contributed by atoms with Crippen molar-refractivity contribution in [2.75, 3.05) is 51.5 Å². The van der Waals surface area contributed by atoms with Gasteiger partial charge in [0.2, 0.25) is 18.6 Å². The molecule has 0 aliphatic carbocycles. The molecule has 2 aromatic rings. The van der Waals surface area contributed by atoms with Gasteiger partial charge < -0.3 is 34.0 Å². The number of methoxy groups -OCH3 is 1. The van der Waals surface area contributed by atoms with Gasteiger partial charge in [0.1, 0.15) is 5.75 Å². The smallest absolute Gasteiger partial charge is 0.407 e. The summed E-state index contributed by atoms with van der Waals surface area (Å²) in [5, 5.41) is 9.37. The van der Waals surface area contributed by atoms with Gasteiger partial charge in [-0.15, -0.1) is 0 Å². The summed E-state index contributed by atoms with van der Waals surface area (Å²) in [5.41, 5.74) is 1.49. The monoisotopic (exact) mass is 580 g/mol. The van der Waals surface area contributed by atoms with Gasteiger partial charge in [-0.2, -0.15) is 0 Å². The van der Waals surface area contributed by atoms with Crippen LogP contribution in [0.5, 0.6) is 17.2 Å². The summed E-state index contributed by atoms with van der Waals surface area (Å²) in [6.45, 7) is 8.51. The summed E-state index contributed by atoms with van der Waals surface area (Å²) in [5.74, 6) is 1.97. The van der Waals surface area contributed by atoms with Crippen molar-refractivity contribution in [3.05, 3.63) is 48.0 Å².